The van der Waals surface area contributed by atoms with Crippen LogP contribution in [0, 0.1) is 5.82 Å². The van der Waals surface area contributed by atoms with Crippen molar-refractivity contribution in [1.29, 1.82) is 0 Å². The first-order chi connectivity index (χ1) is 13.3. The summed E-state index contributed by atoms with van der Waals surface area (Å²) in [5.74, 6) is -1.60. The van der Waals surface area contributed by atoms with E-state index in [-0.39, 0.29) is 40.3 Å². The van der Waals surface area contributed by atoms with Gasteiger partial charge in [-0.15, -0.1) is 0 Å². The van der Waals surface area contributed by atoms with Gasteiger partial charge in [-0.25, -0.2) is 26.8 Å². The van der Waals surface area contributed by atoms with Crippen LogP contribution in [-0.2, 0) is 16.4 Å². The quantitative estimate of drug-likeness (QED) is 0.361. The molecule has 0 saturated heterocycles. The van der Waals surface area contributed by atoms with E-state index in [0.717, 1.165) is 4.57 Å². The number of nitrogens with zero attached hydrogens (tertiary/aromatic N) is 4. The number of hydrogen-bond acceptors (Lipinski definition) is 9. The molecule has 28 heavy (non-hydrogen) atoms. The molecule has 0 atom stereocenters. The van der Waals surface area contributed by atoms with Crippen LogP contribution in [0.2, 0.25) is 0 Å². The average Bonchev–Trinajstić information content (AvgIpc) is 3.27. The lowest BCUT2D eigenvalue weighted by Gasteiger charge is -2.05. The Morgan fingerprint density at radius 3 is 2.75 bits per heavy atom. The minimum atomic E-state index is -3.73. The molecule has 3 rings (SSSR count). The molecule has 0 aliphatic carbocycles. The second kappa shape index (κ2) is 8.30. The van der Waals surface area contributed by atoms with Gasteiger partial charge in [0.25, 0.3) is 0 Å². The molecular weight excluding hydrogens is 465 g/mol. The fourth-order valence-electron chi connectivity index (χ4n) is 2.42. The number of aryl methyl sites for hydroxylation is 1. The Morgan fingerprint density at radius 1 is 1.25 bits per heavy atom. The molecule has 0 bridgehead atoms. The number of benzene rings is 1. The van der Waals surface area contributed by atoms with Gasteiger partial charge in [0.2, 0.25) is 15.8 Å². The number of sulfonamides is 1. The van der Waals surface area contributed by atoms with Gasteiger partial charge in [-0.3, -0.25) is 4.52 Å². The Morgan fingerprint density at radius 2 is 2.04 bits per heavy atom. The highest BCUT2D eigenvalue weighted by Gasteiger charge is 2.23. The number of nitrogens with one attached hydrogen (secondary N) is 1. The van der Waals surface area contributed by atoms with Gasteiger partial charge in [0.15, 0.2) is 5.69 Å². The Kier molecular flexibility index (Phi) is 6.02. The van der Waals surface area contributed by atoms with Crippen molar-refractivity contribution in [3.8, 4) is 17.2 Å². The molecule has 2 aromatic heterocycles. The fourth-order valence-corrected chi connectivity index (χ4v) is 3.46. The number of rotatable bonds is 8. The van der Waals surface area contributed by atoms with Crippen LogP contribution >= 0.6 is 15.9 Å². The zero-order chi connectivity index (χ0) is 20.3. The summed E-state index contributed by atoms with van der Waals surface area (Å²) in [5, 5.41) is 19.7. The first-order valence-electron chi connectivity index (χ1n) is 7.82. The van der Waals surface area contributed by atoms with Crippen molar-refractivity contribution in [3.63, 3.8) is 0 Å². The van der Waals surface area contributed by atoms with E-state index < -0.39 is 21.6 Å². The molecule has 1 aromatic carbocycles. The molecular formula is C14H13BrFN5O6S. The predicted molar refractivity (Wildman–Crippen MR) is 94.7 cm³/mol. The van der Waals surface area contributed by atoms with Gasteiger partial charge < -0.3 is 5.21 Å². The molecule has 0 amide bonds. The molecule has 0 saturated carbocycles. The lowest BCUT2D eigenvalue weighted by molar-refractivity contribution is 0.242. The van der Waals surface area contributed by atoms with Crippen molar-refractivity contribution >= 4 is 26.0 Å². The molecule has 0 radical (unpaired) electrons. The van der Waals surface area contributed by atoms with E-state index in [0.29, 0.717) is 12.1 Å². The minimum Gasteiger partial charge on any atom is -0.302 e. The highest BCUT2D eigenvalue weighted by molar-refractivity contribution is 9.10. The second-order valence-corrected chi connectivity index (χ2v) is 8.31. The Labute approximate surface area is 165 Å². The van der Waals surface area contributed by atoms with Gasteiger partial charge in [-0.2, -0.15) is 0 Å². The van der Waals surface area contributed by atoms with E-state index in [1.807, 2.05) is 0 Å². The molecule has 2 N–H and O–H groups in total. The fraction of sp³-hybridized carbons (Fsp3) is 0.286. The smallest absolute Gasteiger partial charge is 0.302 e. The maximum atomic E-state index is 13.5. The van der Waals surface area contributed by atoms with Gasteiger partial charge in [-0.05, 0) is 58.5 Å². The van der Waals surface area contributed by atoms with Crippen LogP contribution in [0.25, 0.3) is 17.2 Å². The van der Waals surface area contributed by atoms with E-state index in [4.69, 9.17) is 14.4 Å². The molecule has 11 nitrogen and oxygen atoms in total. The molecule has 0 spiro atoms. The second-order valence-electron chi connectivity index (χ2n) is 5.63. The van der Waals surface area contributed by atoms with Gasteiger partial charge in [0.1, 0.15) is 11.5 Å². The molecule has 0 aliphatic heterocycles. The molecule has 150 valence electrons. The van der Waals surface area contributed by atoms with Gasteiger partial charge in [0, 0.05) is 0 Å². The maximum Gasteiger partial charge on any atom is 0.446 e. The van der Waals surface area contributed by atoms with E-state index >= 15 is 0 Å². The van der Waals surface area contributed by atoms with Gasteiger partial charge in [0.05, 0.1) is 15.9 Å². The van der Waals surface area contributed by atoms with Crippen LogP contribution in [0.15, 0.2) is 36.6 Å². The zero-order valence-electron chi connectivity index (χ0n) is 14.0. The summed E-state index contributed by atoms with van der Waals surface area (Å²) in [6.07, 6.45) is 0.888. The minimum absolute atomic E-state index is 0.00408. The Hall–Kier alpha value is -2.42. The van der Waals surface area contributed by atoms with E-state index in [1.165, 1.54) is 23.1 Å². The summed E-state index contributed by atoms with van der Waals surface area (Å²) < 4.78 is 46.5. The van der Waals surface area contributed by atoms with Crippen molar-refractivity contribution in [1.82, 2.24) is 24.9 Å². The molecule has 0 aliphatic rings. The van der Waals surface area contributed by atoms with Crippen molar-refractivity contribution in [2.45, 2.75) is 19.3 Å². The third-order valence-electron chi connectivity index (χ3n) is 3.75. The zero-order valence-corrected chi connectivity index (χ0v) is 16.4. The van der Waals surface area contributed by atoms with Crippen LogP contribution in [0.4, 0.5) is 4.39 Å². The molecule has 0 fully saturated rings. The SMILES string of the molecule is O=c1onc(-c2nonc2CCCCS(=O)(=O)NO)n1-c1ccc(F)c(Br)c1. The monoisotopic (exact) mass is 477 g/mol. The first kappa shape index (κ1) is 20.3. The summed E-state index contributed by atoms with van der Waals surface area (Å²) in [4.78, 5) is 13.3. The van der Waals surface area contributed by atoms with Crippen LogP contribution in [0.3, 0.4) is 0 Å². The lowest BCUT2D eigenvalue weighted by Crippen LogP contribution is -2.22. The van der Waals surface area contributed by atoms with Crippen LogP contribution in [0.1, 0.15) is 18.5 Å². The lowest BCUT2D eigenvalue weighted by atomic mass is 10.1. The third kappa shape index (κ3) is 4.35. The molecule has 2 heterocycles. The predicted octanol–water partition coefficient (Wildman–Crippen LogP) is 1.41. The average molecular weight is 478 g/mol. The van der Waals surface area contributed by atoms with Crippen molar-refractivity contribution in [3.05, 3.63) is 44.7 Å². The summed E-state index contributed by atoms with van der Waals surface area (Å²) in [7, 11) is -3.73. The van der Waals surface area contributed by atoms with E-state index in [1.54, 1.807) is 0 Å². The van der Waals surface area contributed by atoms with Crippen LogP contribution < -0.4 is 10.6 Å². The standard InChI is InChI=1S/C14H13BrFN5O6S/c15-9-7-8(4-5-10(9)16)21-13(19-26-14(21)22)12-11(17-27-18-12)3-1-2-6-28(24,25)20-23/h4-5,7,20,23H,1-3,6H2. The summed E-state index contributed by atoms with van der Waals surface area (Å²) in [5.41, 5.74) is 0.746. The number of unbranched alkanes of at least 4 members (excludes halogenated alkanes) is 1. The molecule has 14 heteroatoms. The van der Waals surface area contributed by atoms with Crippen molar-refractivity contribution in [2.24, 2.45) is 0 Å². The van der Waals surface area contributed by atoms with Gasteiger partial charge in [-0.1, -0.05) is 15.2 Å². The highest BCUT2D eigenvalue weighted by atomic mass is 79.9. The Bertz CT molecular complexity index is 1140. The summed E-state index contributed by atoms with van der Waals surface area (Å²) >= 11 is 3.05. The first-order valence-corrected chi connectivity index (χ1v) is 10.3. The van der Waals surface area contributed by atoms with Crippen LogP contribution in [0.5, 0.6) is 0 Å². The number of aromatic nitrogens is 4. The Balaban J connectivity index is 1.85. The summed E-state index contributed by atoms with van der Waals surface area (Å²) in [6.45, 7) is 0. The molecule has 0 unspecified atom stereocenters. The largest absolute Gasteiger partial charge is 0.446 e. The van der Waals surface area contributed by atoms with E-state index in [9.17, 15) is 17.6 Å². The van der Waals surface area contributed by atoms with E-state index in [2.05, 4.69) is 31.4 Å². The van der Waals surface area contributed by atoms with Crippen molar-refractivity contribution in [2.75, 3.05) is 5.75 Å². The topological polar surface area (TPSA) is 153 Å². The summed E-state index contributed by atoms with van der Waals surface area (Å²) in [6, 6.07) is 3.90. The maximum absolute atomic E-state index is 13.5. The van der Waals surface area contributed by atoms with Crippen molar-refractivity contribution < 1.29 is 27.2 Å². The normalized spacial score (nSPS) is 11.8. The number of halogens is 2. The molecule has 3 aromatic rings. The highest BCUT2D eigenvalue weighted by Crippen LogP contribution is 2.24. The van der Waals surface area contributed by atoms with Gasteiger partial charge >= 0.3 is 5.76 Å². The van der Waals surface area contributed by atoms with Crippen LogP contribution in [-0.4, -0.2) is 39.4 Å². The third-order valence-corrected chi connectivity index (χ3v) is 5.46. The number of hydrogen-bond donors (Lipinski definition) is 2.